The molecule has 0 aliphatic rings. The molecule has 0 aromatic heterocycles. The summed E-state index contributed by atoms with van der Waals surface area (Å²) in [5, 5.41) is 12.3. The summed E-state index contributed by atoms with van der Waals surface area (Å²) in [5.41, 5.74) is 3.84. The predicted octanol–water partition coefficient (Wildman–Crippen LogP) is 2.01. The zero-order chi connectivity index (χ0) is 13.9. The van der Waals surface area contributed by atoms with E-state index in [4.69, 9.17) is 4.74 Å². The van der Waals surface area contributed by atoms with E-state index < -0.39 is 11.9 Å². The van der Waals surface area contributed by atoms with E-state index in [1.54, 1.807) is 14.2 Å². The standard InChI is InChI=1S/C14H21NO3/c1-8-6-12(18-5)9(2)10(3)13(8)11(7-15-4)14(16)17/h6,11,15H,7H2,1-5H3,(H,16,17). The first-order valence-corrected chi connectivity index (χ1v) is 5.96. The summed E-state index contributed by atoms with van der Waals surface area (Å²) >= 11 is 0. The first-order chi connectivity index (χ1) is 8.43. The van der Waals surface area contributed by atoms with Gasteiger partial charge in [0.15, 0.2) is 0 Å². The molecule has 0 aliphatic carbocycles. The van der Waals surface area contributed by atoms with Crippen molar-refractivity contribution < 1.29 is 14.6 Å². The van der Waals surface area contributed by atoms with Crippen LogP contribution < -0.4 is 10.1 Å². The molecule has 0 heterocycles. The Morgan fingerprint density at radius 1 is 1.39 bits per heavy atom. The van der Waals surface area contributed by atoms with Gasteiger partial charge in [0, 0.05) is 6.54 Å². The molecule has 1 rings (SSSR count). The molecule has 100 valence electrons. The van der Waals surface area contributed by atoms with Gasteiger partial charge in [0.25, 0.3) is 0 Å². The molecule has 0 aliphatic heterocycles. The van der Waals surface area contributed by atoms with Crippen molar-refractivity contribution in [2.75, 3.05) is 20.7 Å². The number of benzene rings is 1. The van der Waals surface area contributed by atoms with Crippen LogP contribution in [0, 0.1) is 20.8 Å². The van der Waals surface area contributed by atoms with Crippen LogP contribution >= 0.6 is 0 Å². The Kier molecular flexibility index (Phi) is 4.73. The second-order valence-corrected chi connectivity index (χ2v) is 4.51. The number of aryl methyl sites for hydroxylation is 1. The zero-order valence-corrected chi connectivity index (χ0v) is 11.6. The molecule has 18 heavy (non-hydrogen) atoms. The van der Waals surface area contributed by atoms with E-state index in [1.165, 1.54) is 0 Å². The van der Waals surface area contributed by atoms with Crippen molar-refractivity contribution in [1.29, 1.82) is 0 Å². The highest BCUT2D eigenvalue weighted by atomic mass is 16.5. The maximum atomic E-state index is 11.4. The number of carboxylic acids is 1. The molecule has 4 nitrogen and oxygen atoms in total. The fraction of sp³-hybridized carbons (Fsp3) is 0.500. The summed E-state index contributed by atoms with van der Waals surface area (Å²) in [6, 6.07) is 1.91. The van der Waals surface area contributed by atoms with E-state index in [9.17, 15) is 9.90 Å². The van der Waals surface area contributed by atoms with Crippen LogP contribution in [0.2, 0.25) is 0 Å². The Morgan fingerprint density at radius 2 is 2.00 bits per heavy atom. The lowest BCUT2D eigenvalue weighted by Crippen LogP contribution is -2.25. The topological polar surface area (TPSA) is 58.6 Å². The van der Waals surface area contributed by atoms with E-state index in [2.05, 4.69) is 5.32 Å². The van der Waals surface area contributed by atoms with Gasteiger partial charge in [-0.3, -0.25) is 4.79 Å². The lowest BCUT2D eigenvalue weighted by atomic mass is 9.88. The number of carboxylic acid groups (broad SMARTS) is 1. The quantitative estimate of drug-likeness (QED) is 0.840. The number of hydrogen-bond acceptors (Lipinski definition) is 3. The number of likely N-dealkylation sites (N-methyl/N-ethyl adjacent to an activating group) is 1. The first-order valence-electron chi connectivity index (χ1n) is 5.96. The SMILES string of the molecule is CNCC(C(=O)O)c1c(C)cc(OC)c(C)c1C. The molecule has 0 amide bonds. The summed E-state index contributed by atoms with van der Waals surface area (Å²) in [4.78, 5) is 11.4. The summed E-state index contributed by atoms with van der Waals surface area (Å²) in [7, 11) is 3.39. The number of methoxy groups -OCH3 is 1. The molecule has 1 unspecified atom stereocenters. The van der Waals surface area contributed by atoms with Crippen LogP contribution in [0.1, 0.15) is 28.2 Å². The second-order valence-electron chi connectivity index (χ2n) is 4.51. The molecule has 2 N–H and O–H groups in total. The van der Waals surface area contributed by atoms with Crippen molar-refractivity contribution >= 4 is 5.97 Å². The Bertz CT molecular complexity index is 455. The molecular formula is C14H21NO3. The molecule has 0 fully saturated rings. The monoisotopic (exact) mass is 251 g/mol. The molecule has 0 bridgehead atoms. The molecule has 1 aromatic carbocycles. The van der Waals surface area contributed by atoms with Gasteiger partial charge in [-0.2, -0.15) is 0 Å². The van der Waals surface area contributed by atoms with Crippen molar-refractivity contribution in [3.05, 3.63) is 28.3 Å². The van der Waals surface area contributed by atoms with Crippen molar-refractivity contribution in [2.45, 2.75) is 26.7 Å². The third kappa shape index (κ3) is 2.64. The predicted molar refractivity (Wildman–Crippen MR) is 71.5 cm³/mol. The van der Waals surface area contributed by atoms with Gasteiger partial charge in [-0.1, -0.05) is 0 Å². The van der Waals surface area contributed by atoms with E-state index >= 15 is 0 Å². The average Bonchev–Trinajstić information content (AvgIpc) is 2.32. The summed E-state index contributed by atoms with van der Waals surface area (Å²) < 4.78 is 5.30. The number of nitrogens with one attached hydrogen (secondary N) is 1. The zero-order valence-electron chi connectivity index (χ0n) is 11.6. The smallest absolute Gasteiger partial charge is 0.312 e. The van der Waals surface area contributed by atoms with Gasteiger partial charge in [0.05, 0.1) is 13.0 Å². The number of hydrogen-bond donors (Lipinski definition) is 2. The molecule has 1 atom stereocenters. The lowest BCUT2D eigenvalue weighted by Gasteiger charge is -2.21. The number of carbonyl (C=O) groups is 1. The van der Waals surface area contributed by atoms with Gasteiger partial charge >= 0.3 is 5.97 Å². The van der Waals surface area contributed by atoms with Crippen LogP contribution in [0.15, 0.2) is 6.07 Å². The molecule has 0 spiro atoms. The van der Waals surface area contributed by atoms with Crippen molar-refractivity contribution in [3.8, 4) is 5.75 Å². The van der Waals surface area contributed by atoms with Gasteiger partial charge in [0.2, 0.25) is 0 Å². The number of aliphatic carboxylic acids is 1. The van der Waals surface area contributed by atoms with Crippen LogP contribution in [-0.2, 0) is 4.79 Å². The maximum absolute atomic E-state index is 11.4. The fourth-order valence-corrected chi connectivity index (χ4v) is 2.33. The molecule has 0 saturated heterocycles. The summed E-state index contributed by atoms with van der Waals surface area (Å²) in [6.07, 6.45) is 0. The summed E-state index contributed by atoms with van der Waals surface area (Å²) in [6.45, 7) is 6.25. The van der Waals surface area contributed by atoms with Gasteiger partial charge in [-0.15, -0.1) is 0 Å². The molecular weight excluding hydrogens is 230 g/mol. The third-order valence-corrected chi connectivity index (χ3v) is 3.38. The van der Waals surface area contributed by atoms with Crippen LogP contribution in [0.25, 0.3) is 0 Å². The van der Waals surface area contributed by atoms with E-state index in [0.717, 1.165) is 28.0 Å². The van der Waals surface area contributed by atoms with E-state index in [-0.39, 0.29) is 0 Å². The Balaban J connectivity index is 3.39. The maximum Gasteiger partial charge on any atom is 0.312 e. The minimum Gasteiger partial charge on any atom is -0.496 e. The van der Waals surface area contributed by atoms with Crippen LogP contribution in [-0.4, -0.2) is 31.8 Å². The second kappa shape index (κ2) is 5.87. The van der Waals surface area contributed by atoms with Crippen LogP contribution in [0.5, 0.6) is 5.75 Å². The minimum absolute atomic E-state index is 0.419. The highest BCUT2D eigenvalue weighted by molar-refractivity contribution is 5.78. The molecule has 1 aromatic rings. The Morgan fingerprint density at radius 3 is 2.44 bits per heavy atom. The van der Waals surface area contributed by atoms with Gasteiger partial charge in [0.1, 0.15) is 5.75 Å². The minimum atomic E-state index is -0.805. The average molecular weight is 251 g/mol. The molecule has 4 heteroatoms. The van der Waals surface area contributed by atoms with Crippen molar-refractivity contribution in [2.24, 2.45) is 0 Å². The van der Waals surface area contributed by atoms with E-state index in [1.807, 2.05) is 26.8 Å². The largest absolute Gasteiger partial charge is 0.496 e. The normalized spacial score (nSPS) is 12.3. The van der Waals surface area contributed by atoms with Gasteiger partial charge in [-0.05, 0) is 56.1 Å². The Hall–Kier alpha value is -1.55. The van der Waals surface area contributed by atoms with Crippen molar-refractivity contribution in [3.63, 3.8) is 0 Å². The van der Waals surface area contributed by atoms with Gasteiger partial charge < -0.3 is 15.2 Å². The number of rotatable bonds is 5. The lowest BCUT2D eigenvalue weighted by molar-refractivity contribution is -0.138. The van der Waals surface area contributed by atoms with Crippen molar-refractivity contribution in [1.82, 2.24) is 5.32 Å². The highest BCUT2D eigenvalue weighted by Crippen LogP contribution is 2.32. The third-order valence-electron chi connectivity index (χ3n) is 3.38. The first kappa shape index (κ1) is 14.5. The van der Waals surface area contributed by atoms with E-state index in [0.29, 0.717) is 6.54 Å². The van der Waals surface area contributed by atoms with Gasteiger partial charge in [-0.25, -0.2) is 0 Å². The Labute approximate surface area is 108 Å². The van der Waals surface area contributed by atoms with Crippen LogP contribution in [0.3, 0.4) is 0 Å². The van der Waals surface area contributed by atoms with Crippen LogP contribution in [0.4, 0.5) is 0 Å². The number of ether oxygens (including phenoxy) is 1. The fourth-order valence-electron chi connectivity index (χ4n) is 2.33. The highest BCUT2D eigenvalue weighted by Gasteiger charge is 2.24. The molecule has 0 radical (unpaired) electrons. The molecule has 0 saturated carbocycles. The summed E-state index contributed by atoms with van der Waals surface area (Å²) in [5.74, 6) is -0.526.